The molecule has 1 aliphatic heterocycles. The van der Waals surface area contributed by atoms with Crippen LogP contribution in [0, 0.1) is 0 Å². The van der Waals surface area contributed by atoms with Crippen LogP contribution in [0.1, 0.15) is 26.3 Å². The third-order valence-electron chi connectivity index (χ3n) is 4.86. The molecule has 0 unspecified atom stereocenters. The van der Waals surface area contributed by atoms with Gasteiger partial charge in [0.05, 0.1) is 38.6 Å². The lowest BCUT2D eigenvalue weighted by molar-refractivity contribution is 0.0383. The van der Waals surface area contributed by atoms with E-state index in [2.05, 4.69) is 10.2 Å². The fourth-order valence-electron chi connectivity index (χ4n) is 3.25. The Balaban J connectivity index is 1.76. The highest BCUT2D eigenvalue weighted by molar-refractivity contribution is 6.12. The summed E-state index contributed by atoms with van der Waals surface area (Å²) in [7, 11) is 2.95. The van der Waals surface area contributed by atoms with Gasteiger partial charge in [-0.2, -0.15) is 0 Å². The molecule has 1 amide bonds. The lowest BCUT2D eigenvalue weighted by Gasteiger charge is -2.26. The van der Waals surface area contributed by atoms with E-state index in [1.807, 2.05) is 6.07 Å². The zero-order valence-electron chi connectivity index (χ0n) is 16.8. The van der Waals surface area contributed by atoms with Crippen LogP contribution >= 0.6 is 0 Å². The molecular weight excluding hydrogens is 372 g/mol. The molecule has 1 aliphatic rings. The molecule has 0 saturated carbocycles. The molecule has 0 bridgehead atoms. The molecule has 3 rings (SSSR count). The van der Waals surface area contributed by atoms with E-state index < -0.39 is 0 Å². The topological polar surface area (TPSA) is 77.1 Å². The van der Waals surface area contributed by atoms with E-state index in [9.17, 15) is 9.59 Å². The lowest BCUT2D eigenvalue weighted by Crippen LogP contribution is -2.41. The second-order valence-corrected chi connectivity index (χ2v) is 6.66. The van der Waals surface area contributed by atoms with Crippen LogP contribution in [0.2, 0.25) is 0 Å². The van der Waals surface area contributed by atoms with Crippen LogP contribution in [0.15, 0.2) is 42.5 Å². The van der Waals surface area contributed by atoms with Gasteiger partial charge in [-0.15, -0.1) is 0 Å². The van der Waals surface area contributed by atoms with Crippen molar-refractivity contribution in [2.45, 2.75) is 0 Å². The maximum absolute atomic E-state index is 12.9. The first-order valence-electron chi connectivity index (χ1n) is 9.58. The Bertz CT molecular complexity index is 848. The molecule has 2 aromatic carbocycles. The average Bonchev–Trinajstić information content (AvgIpc) is 2.78. The van der Waals surface area contributed by atoms with Crippen LogP contribution in [0.3, 0.4) is 0 Å². The Morgan fingerprint density at radius 3 is 2.28 bits per heavy atom. The number of benzene rings is 2. The van der Waals surface area contributed by atoms with E-state index in [0.717, 1.165) is 32.8 Å². The number of nitrogens with zero attached hydrogens (tertiary/aromatic N) is 1. The SMILES string of the molecule is COc1cc(C(=O)c2ccccc2)c(OC)cc1C(=O)NCCN1CCOCC1. The standard InChI is InChI=1S/C22H26N2O5/c1-27-19-15-18(22(26)23-8-9-24-10-12-29-13-11-24)20(28-2)14-17(19)21(25)16-6-4-3-5-7-16/h3-7,14-15H,8-13H2,1-2H3,(H,23,26). The summed E-state index contributed by atoms with van der Waals surface area (Å²) in [5.41, 5.74) is 1.21. The fraction of sp³-hybridized carbons (Fsp3) is 0.364. The van der Waals surface area contributed by atoms with Crippen LogP contribution in [0.5, 0.6) is 11.5 Å². The number of ether oxygens (including phenoxy) is 3. The van der Waals surface area contributed by atoms with Crippen molar-refractivity contribution in [3.8, 4) is 11.5 Å². The van der Waals surface area contributed by atoms with Crippen molar-refractivity contribution >= 4 is 11.7 Å². The Hall–Kier alpha value is -2.90. The first-order valence-corrected chi connectivity index (χ1v) is 9.58. The number of methoxy groups -OCH3 is 2. The zero-order chi connectivity index (χ0) is 20.6. The van der Waals surface area contributed by atoms with Crippen LogP contribution in [-0.2, 0) is 4.74 Å². The number of rotatable bonds is 8. The second kappa shape index (κ2) is 10.0. The number of nitrogens with one attached hydrogen (secondary N) is 1. The van der Waals surface area contributed by atoms with Gasteiger partial charge in [-0.05, 0) is 12.1 Å². The van der Waals surface area contributed by atoms with Gasteiger partial charge in [-0.1, -0.05) is 30.3 Å². The van der Waals surface area contributed by atoms with Gasteiger partial charge in [0.2, 0.25) is 0 Å². The minimum Gasteiger partial charge on any atom is -0.496 e. The Kier molecular flexibility index (Phi) is 7.21. The van der Waals surface area contributed by atoms with Crippen molar-refractivity contribution in [3.05, 3.63) is 59.2 Å². The average molecular weight is 398 g/mol. The monoisotopic (exact) mass is 398 g/mol. The highest BCUT2D eigenvalue weighted by Crippen LogP contribution is 2.30. The van der Waals surface area contributed by atoms with Crippen molar-refractivity contribution in [1.82, 2.24) is 10.2 Å². The highest BCUT2D eigenvalue weighted by atomic mass is 16.5. The van der Waals surface area contributed by atoms with Gasteiger partial charge in [0.1, 0.15) is 11.5 Å². The molecule has 0 aromatic heterocycles. The molecule has 0 spiro atoms. The van der Waals surface area contributed by atoms with Gasteiger partial charge < -0.3 is 19.5 Å². The molecule has 1 heterocycles. The van der Waals surface area contributed by atoms with Crippen molar-refractivity contribution in [2.24, 2.45) is 0 Å². The Morgan fingerprint density at radius 1 is 1.00 bits per heavy atom. The van der Waals surface area contributed by atoms with E-state index in [4.69, 9.17) is 14.2 Å². The number of ketones is 1. The van der Waals surface area contributed by atoms with Crippen LogP contribution in [0.4, 0.5) is 0 Å². The number of morpholine rings is 1. The van der Waals surface area contributed by atoms with Gasteiger partial charge in [-0.25, -0.2) is 0 Å². The van der Waals surface area contributed by atoms with E-state index in [0.29, 0.717) is 34.7 Å². The van der Waals surface area contributed by atoms with E-state index in [-0.39, 0.29) is 11.7 Å². The number of hydrogen-bond acceptors (Lipinski definition) is 6. The molecular formula is C22H26N2O5. The predicted octanol–water partition coefficient (Wildman–Crippen LogP) is 2.00. The summed E-state index contributed by atoms with van der Waals surface area (Å²) >= 11 is 0. The van der Waals surface area contributed by atoms with Gasteiger partial charge in [0.15, 0.2) is 5.78 Å². The largest absolute Gasteiger partial charge is 0.496 e. The summed E-state index contributed by atoms with van der Waals surface area (Å²) < 4.78 is 16.1. The zero-order valence-corrected chi connectivity index (χ0v) is 16.8. The van der Waals surface area contributed by atoms with Gasteiger partial charge in [-0.3, -0.25) is 14.5 Å². The van der Waals surface area contributed by atoms with Gasteiger partial charge in [0.25, 0.3) is 5.91 Å². The van der Waals surface area contributed by atoms with Crippen molar-refractivity contribution < 1.29 is 23.8 Å². The minimum absolute atomic E-state index is 0.194. The third kappa shape index (κ3) is 5.13. The minimum atomic E-state index is -0.271. The summed E-state index contributed by atoms with van der Waals surface area (Å²) in [6, 6.07) is 12.0. The Morgan fingerprint density at radius 2 is 1.62 bits per heavy atom. The number of carbonyl (C=O) groups is 2. The smallest absolute Gasteiger partial charge is 0.255 e. The van der Waals surface area contributed by atoms with Crippen molar-refractivity contribution in [2.75, 3.05) is 53.6 Å². The molecule has 7 nitrogen and oxygen atoms in total. The van der Waals surface area contributed by atoms with Gasteiger partial charge in [0, 0.05) is 31.7 Å². The maximum atomic E-state index is 12.9. The summed E-state index contributed by atoms with van der Waals surface area (Å²) in [6.45, 7) is 4.42. The lowest BCUT2D eigenvalue weighted by atomic mass is 9.99. The molecule has 1 saturated heterocycles. The van der Waals surface area contributed by atoms with E-state index in [1.54, 1.807) is 36.4 Å². The summed E-state index contributed by atoms with van der Waals surface area (Å²) in [5.74, 6) is 0.194. The number of hydrogen-bond donors (Lipinski definition) is 1. The number of amides is 1. The van der Waals surface area contributed by atoms with Crippen molar-refractivity contribution in [1.29, 1.82) is 0 Å². The van der Waals surface area contributed by atoms with Crippen LogP contribution in [-0.4, -0.2) is 70.2 Å². The molecule has 1 fully saturated rings. The summed E-state index contributed by atoms with van der Waals surface area (Å²) in [6.07, 6.45) is 0. The van der Waals surface area contributed by atoms with Gasteiger partial charge >= 0.3 is 0 Å². The molecule has 0 radical (unpaired) electrons. The van der Waals surface area contributed by atoms with Crippen LogP contribution in [0.25, 0.3) is 0 Å². The molecule has 7 heteroatoms. The summed E-state index contributed by atoms with van der Waals surface area (Å²) in [5, 5.41) is 2.91. The second-order valence-electron chi connectivity index (χ2n) is 6.66. The quantitative estimate of drug-likeness (QED) is 0.686. The first kappa shape index (κ1) is 20.8. The maximum Gasteiger partial charge on any atom is 0.255 e. The fourth-order valence-corrected chi connectivity index (χ4v) is 3.25. The predicted molar refractivity (Wildman–Crippen MR) is 109 cm³/mol. The highest BCUT2D eigenvalue weighted by Gasteiger charge is 2.22. The van der Waals surface area contributed by atoms with Crippen LogP contribution < -0.4 is 14.8 Å². The van der Waals surface area contributed by atoms with E-state index in [1.165, 1.54) is 14.2 Å². The molecule has 0 aliphatic carbocycles. The molecule has 29 heavy (non-hydrogen) atoms. The molecule has 154 valence electrons. The third-order valence-corrected chi connectivity index (χ3v) is 4.86. The first-order chi connectivity index (χ1) is 14.1. The van der Waals surface area contributed by atoms with Crippen molar-refractivity contribution in [3.63, 3.8) is 0 Å². The molecule has 2 aromatic rings. The molecule has 0 atom stereocenters. The van der Waals surface area contributed by atoms with E-state index >= 15 is 0 Å². The number of carbonyl (C=O) groups excluding carboxylic acids is 2. The normalized spacial score (nSPS) is 14.3. The summed E-state index contributed by atoms with van der Waals surface area (Å²) in [4.78, 5) is 27.8. The molecule has 1 N–H and O–H groups in total. The Labute approximate surface area is 170 Å².